The molecule has 30 heavy (non-hydrogen) atoms. The third-order valence-electron chi connectivity index (χ3n) is 4.40. The molecule has 2 amide bonds. The second-order valence-electron chi connectivity index (χ2n) is 7.01. The normalized spacial score (nSPS) is 11.9. The molecule has 2 aromatic heterocycles. The van der Waals surface area contributed by atoms with Crippen molar-refractivity contribution in [3.05, 3.63) is 66.1 Å². The summed E-state index contributed by atoms with van der Waals surface area (Å²) < 4.78 is 1.81. The third kappa shape index (κ3) is 5.44. The topological polar surface area (TPSA) is 102 Å². The van der Waals surface area contributed by atoms with Gasteiger partial charge in [-0.3, -0.25) is 9.59 Å². The van der Waals surface area contributed by atoms with Crippen molar-refractivity contribution in [1.29, 1.82) is 0 Å². The summed E-state index contributed by atoms with van der Waals surface area (Å²) in [4.78, 5) is 28.8. The highest BCUT2D eigenvalue weighted by Gasteiger charge is 2.25. The average molecular weight is 425 g/mol. The number of nitrogens with one attached hydrogen (secondary N) is 2. The van der Waals surface area contributed by atoms with Crippen LogP contribution in [0.1, 0.15) is 36.1 Å². The van der Waals surface area contributed by atoms with E-state index in [9.17, 15) is 9.59 Å². The number of rotatable bonds is 8. The molecule has 3 aromatic rings. The SMILES string of the molecule is CC(C)[C@H](NC(=O)c1ccccc1)c1nnc(SCC(=O)Nc2ccccn2)n1C. The lowest BCUT2D eigenvalue weighted by molar-refractivity contribution is -0.113. The number of anilines is 1. The standard InChI is InChI=1S/C21H24N6O2S/c1-14(2)18(24-20(29)15-9-5-4-6-10-15)19-25-26-21(27(19)3)30-13-17(28)23-16-11-7-8-12-22-16/h4-12,14,18H,13H2,1-3H3,(H,24,29)(H,22,23,28)/t18-/m0/s1. The van der Waals surface area contributed by atoms with E-state index in [4.69, 9.17) is 0 Å². The fraction of sp³-hybridized carbons (Fsp3) is 0.286. The molecule has 0 fully saturated rings. The average Bonchev–Trinajstić information content (AvgIpc) is 3.11. The van der Waals surface area contributed by atoms with Crippen molar-refractivity contribution in [2.24, 2.45) is 13.0 Å². The van der Waals surface area contributed by atoms with Crippen LogP contribution in [-0.2, 0) is 11.8 Å². The molecular formula is C21H24N6O2S. The van der Waals surface area contributed by atoms with E-state index in [1.54, 1.807) is 36.5 Å². The van der Waals surface area contributed by atoms with Gasteiger partial charge in [0.1, 0.15) is 5.82 Å². The molecule has 2 N–H and O–H groups in total. The zero-order chi connectivity index (χ0) is 21.5. The minimum atomic E-state index is -0.313. The van der Waals surface area contributed by atoms with Gasteiger partial charge in [0.05, 0.1) is 11.8 Å². The monoisotopic (exact) mass is 424 g/mol. The van der Waals surface area contributed by atoms with Crippen LogP contribution < -0.4 is 10.6 Å². The third-order valence-corrected chi connectivity index (χ3v) is 5.42. The van der Waals surface area contributed by atoms with Gasteiger partial charge in [-0.1, -0.05) is 49.9 Å². The molecule has 0 spiro atoms. The maximum atomic E-state index is 12.6. The summed E-state index contributed by atoms with van der Waals surface area (Å²) in [5.74, 6) is 1.07. The summed E-state index contributed by atoms with van der Waals surface area (Å²) in [6.45, 7) is 4.02. The second-order valence-corrected chi connectivity index (χ2v) is 7.96. The van der Waals surface area contributed by atoms with Crippen molar-refractivity contribution >= 4 is 29.4 Å². The first-order valence-corrected chi connectivity index (χ1v) is 10.5. The summed E-state index contributed by atoms with van der Waals surface area (Å²) in [5.41, 5.74) is 0.589. The first-order valence-electron chi connectivity index (χ1n) is 9.54. The number of benzene rings is 1. The van der Waals surface area contributed by atoms with Crippen LogP contribution in [0.15, 0.2) is 59.9 Å². The Kier molecular flexibility index (Phi) is 7.18. The number of thioether (sulfide) groups is 1. The fourth-order valence-electron chi connectivity index (χ4n) is 2.81. The van der Waals surface area contributed by atoms with E-state index in [0.29, 0.717) is 22.4 Å². The molecule has 2 heterocycles. The lowest BCUT2D eigenvalue weighted by Gasteiger charge is -2.21. The lowest BCUT2D eigenvalue weighted by Crippen LogP contribution is -2.33. The molecule has 0 aliphatic carbocycles. The molecule has 0 unspecified atom stereocenters. The summed E-state index contributed by atoms with van der Waals surface area (Å²) in [5, 5.41) is 14.9. The first-order chi connectivity index (χ1) is 14.5. The van der Waals surface area contributed by atoms with E-state index in [2.05, 4.69) is 25.8 Å². The minimum Gasteiger partial charge on any atom is -0.342 e. The number of nitrogens with zero attached hydrogens (tertiary/aromatic N) is 4. The van der Waals surface area contributed by atoms with Crippen LogP contribution in [-0.4, -0.2) is 37.3 Å². The number of carbonyl (C=O) groups is 2. The van der Waals surface area contributed by atoms with Gasteiger partial charge in [0.25, 0.3) is 5.91 Å². The molecule has 1 aromatic carbocycles. The number of hydrogen-bond donors (Lipinski definition) is 2. The van der Waals surface area contributed by atoms with E-state index in [1.807, 2.05) is 43.7 Å². The maximum absolute atomic E-state index is 12.6. The van der Waals surface area contributed by atoms with Gasteiger partial charge in [-0.05, 0) is 30.2 Å². The molecule has 0 bridgehead atoms. The van der Waals surface area contributed by atoms with E-state index in [1.165, 1.54) is 11.8 Å². The molecule has 0 saturated heterocycles. The highest BCUT2D eigenvalue weighted by molar-refractivity contribution is 7.99. The van der Waals surface area contributed by atoms with Gasteiger partial charge in [0.2, 0.25) is 5.91 Å². The quantitative estimate of drug-likeness (QED) is 0.539. The predicted molar refractivity (Wildman–Crippen MR) is 116 cm³/mol. The van der Waals surface area contributed by atoms with Crippen LogP contribution in [0, 0.1) is 5.92 Å². The van der Waals surface area contributed by atoms with E-state index in [-0.39, 0.29) is 29.5 Å². The van der Waals surface area contributed by atoms with Gasteiger partial charge < -0.3 is 15.2 Å². The van der Waals surface area contributed by atoms with E-state index < -0.39 is 0 Å². The highest BCUT2D eigenvalue weighted by Crippen LogP contribution is 2.24. The number of hydrogen-bond acceptors (Lipinski definition) is 6. The summed E-state index contributed by atoms with van der Waals surface area (Å²) in [6, 6.07) is 14.1. The number of pyridine rings is 1. The van der Waals surface area contributed by atoms with Crippen LogP contribution in [0.25, 0.3) is 0 Å². The minimum absolute atomic E-state index is 0.103. The van der Waals surface area contributed by atoms with Crippen molar-refractivity contribution in [1.82, 2.24) is 25.1 Å². The fourth-order valence-corrected chi connectivity index (χ4v) is 3.53. The Labute approximate surface area is 179 Å². The molecule has 8 nitrogen and oxygen atoms in total. The van der Waals surface area contributed by atoms with Crippen LogP contribution in [0.2, 0.25) is 0 Å². The molecule has 156 valence electrons. The van der Waals surface area contributed by atoms with Crippen LogP contribution >= 0.6 is 11.8 Å². The number of carbonyl (C=O) groups excluding carboxylic acids is 2. The molecular weight excluding hydrogens is 400 g/mol. The van der Waals surface area contributed by atoms with Gasteiger partial charge in [-0.2, -0.15) is 0 Å². The molecule has 0 aliphatic heterocycles. The van der Waals surface area contributed by atoms with Gasteiger partial charge in [-0.25, -0.2) is 4.98 Å². The lowest BCUT2D eigenvalue weighted by atomic mass is 10.0. The Morgan fingerprint density at radius 1 is 1.07 bits per heavy atom. The van der Waals surface area contributed by atoms with Crippen molar-refractivity contribution in [3.8, 4) is 0 Å². The molecule has 0 radical (unpaired) electrons. The molecule has 0 saturated carbocycles. The van der Waals surface area contributed by atoms with Gasteiger partial charge in [0.15, 0.2) is 11.0 Å². The summed E-state index contributed by atoms with van der Waals surface area (Å²) >= 11 is 1.28. The van der Waals surface area contributed by atoms with E-state index >= 15 is 0 Å². The highest BCUT2D eigenvalue weighted by atomic mass is 32.2. The van der Waals surface area contributed by atoms with Gasteiger partial charge in [0, 0.05) is 18.8 Å². The van der Waals surface area contributed by atoms with Gasteiger partial charge >= 0.3 is 0 Å². The van der Waals surface area contributed by atoms with Crippen molar-refractivity contribution in [2.45, 2.75) is 25.0 Å². The Morgan fingerprint density at radius 2 is 1.80 bits per heavy atom. The van der Waals surface area contributed by atoms with Crippen molar-refractivity contribution in [3.63, 3.8) is 0 Å². The number of amides is 2. The molecule has 3 rings (SSSR count). The maximum Gasteiger partial charge on any atom is 0.251 e. The largest absolute Gasteiger partial charge is 0.342 e. The Morgan fingerprint density at radius 3 is 2.47 bits per heavy atom. The predicted octanol–water partition coefficient (Wildman–Crippen LogP) is 3.07. The van der Waals surface area contributed by atoms with Crippen molar-refractivity contribution < 1.29 is 9.59 Å². The second kappa shape index (κ2) is 10.0. The summed E-state index contributed by atoms with van der Waals surface area (Å²) in [7, 11) is 1.83. The van der Waals surface area contributed by atoms with Crippen LogP contribution in [0.3, 0.4) is 0 Å². The first kappa shape index (κ1) is 21.5. The van der Waals surface area contributed by atoms with Gasteiger partial charge in [-0.15, -0.1) is 10.2 Å². The molecule has 9 heteroatoms. The Hall–Kier alpha value is -3.20. The smallest absolute Gasteiger partial charge is 0.251 e. The van der Waals surface area contributed by atoms with Crippen molar-refractivity contribution in [2.75, 3.05) is 11.1 Å². The van der Waals surface area contributed by atoms with Crippen LogP contribution in [0.4, 0.5) is 5.82 Å². The number of aromatic nitrogens is 4. The molecule has 0 aliphatic rings. The zero-order valence-corrected chi connectivity index (χ0v) is 17.9. The Bertz CT molecular complexity index is 991. The van der Waals surface area contributed by atoms with Crippen LogP contribution in [0.5, 0.6) is 0 Å². The molecule has 1 atom stereocenters. The van der Waals surface area contributed by atoms with E-state index in [0.717, 1.165) is 0 Å². The summed E-state index contributed by atoms with van der Waals surface area (Å²) in [6.07, 6.45) is 1.62. The zero-order valence-electron chi connectivity index (χ0n) is 17.1. The Balaban J connectivity index is 1.66.